The molecule has 1 aliphatic heterocycles. The smallest absolute Gasteiger partial charge is 0.286 e. The number of piperidine rings is 1. The first-order valence-electron chi connectivity index (χ1n) is 10.8. The first-order valence-corrected chi connectivity index (χ1v) is 12.0. The maximum atomic E-state index is 12.8. The zero-order valence-electron chi connectivity index (χ0n) is 18.3. The summed E-state index contributed by atoms with van der Waals surface area (Å²) in [5.41, 5.74) is 1.72. The third kappa shape index (κ3) is 6.09. The van der Waals surface area contributed by atoms with Gasteiger partial charge in [0.2, 0.25) is 10.9 Å². The average molecular weight is 485 g/mol. The van der Waals surface area contributed by atoms with E-state index in [0.717, 1.165) is 35.7 Å². The number of halogens is 1. The molecule has 4 rings (SSSR count). The van der Waals surface area contributed by atoms with Gasteiger partial charge in [-0.05, 0) is 55.2 Å². The summed E-state index contributed by atoms with van der Waals surface area (Å²) in [5.74, 6) is 0.721. The van der Waals surface area contributed by atoms with Crippen molar-refractivity contribution in [3.63, 3.8) is 0 Å². The number of carbonyl (C=O) groups is 2. The number of benzene rings is 2. The highest BCUT2D eigenvalue weighted by molar-refractivity contribution is 7.13. The Hall–Kier alpha value is -2.97. The molecule has 1 aliphatic rings. The monoisotopic (exact) mass is 484 g/mol. The number of likely N-dealkylation sites (tertiary alicyclic amines) is 1. The van der Waals surface area contributed by atoms with Gasteiger partial charge in [-0.3, -0.25) is 9.59 Å². The zero-order chi connectivity index (χ0) is 23.2. The van der Waals surface area contributed by atoms with Crippen LogP contribution < -0.4 is 10.1 Å². The molecule has 0 saturated carbocycles. The van der Waals surface area contributed by atoms with Crippen molar-refractivity contribution in [2.45, 2.75) is 31.6 Å². The molecule has 9 heteroatoms. The molecule has 2 amide bonds. The largest absolute Gasteiger partial charge is 0.497 e. The lowest BCUT2D eigenvalue weighted by atomic mass is 9.98. The zero-order valence-corrected chi connectivity index (χ0v) is 19.9. The van der Waals surface area contributed by atoms with Gasteiger partial charge >= 0.3 is 0 Å². The maximum Gasteiger partial charge on any atom is 0.286 e. The molecule has 172 valence electrons. The third-order valence-corrected chi connectivity index (χ3v) is 6.95. The molecule has 1 atom stereocenters. The van der Waals surface area contributed by atoms with E-state index >= 15 is 0 Å². The second-order valence-corrected chi connectivity index (χ2v) is 9.38. The Kier molecular flexibility index (Phi) is 7.57. The molecule has 1 aromatic heterocycles. The molecular formula is C24H25ClN4O3S. The second-order valence-electron chi connectivity index (χ2n) is 7.94. The summed E-state index contributed by atoms with van der Waals surface area (Å²) in [6, 6.07) is 14.8. The Bertz CT molecular complexity index is 1120. The number of methoxy groups -OCH3 is 1. The Morgan fingerprint density at radius 2 is 2.03 bits per heavy atom. The molecule has 1 N–H and O–H groups in total. The molecule has 1 saturated heterocycles. The van der Waals surface area contributed by atoms with Crippen molar-refractivity contribution < 1.29 is 14.3 Å². The number of nitrogens with zero attached hydrogens (tertiary/aromatic N) is 3. The minimum atomic E-state index is -0.316. The molecule has 1 fully saturated rings. The molecule has 3 aromatic rings. The van der Waals surface area contributed by atoms with Gasteiger partial charge in [0, 0.05) is 36.1 Å². The predicted molar refractivity (Wildman–Crippen MR) is 129 cm³/mol. The third-order valence-electron chi connectivity index (χ3n) is 5.63. The number of aryl methyl sites for hydroxylation is 1. The summed E-state index contributed by atoms with van der Waals surface area (Å²) in [7, 11) is 1.64. The van der Waals surface area contributed by atoms with E-state index in [1.807, 2.05) is 29.2 Å². The molecule has 0 radical (unpaired) electrons. The molecule has 0 aliphatic carbocycles. The number of rotatable bonds is 7. The molecule has 2 heterocycles. The normalized spacial score (nSPS) is 15.8. The van der Waals surface area contributed by atoms with E-state index in [0.29, 0.717) is 35.1 Å². The highest BCUT2D eigenvalue weighted by Gasteiger charge is 2.28. The van der Waals surface area contributed by atoms with Crippen molar-refractivity contribution in [2.75, 3.05) is 25.5 Å². The average Bonchev–Trinajstić information content (AvgIpc) is 3.34. The fraction of sp³-hybridized carbons (Fsp3) is 0.333. The van der Waals surface area contributed by atoms with Crippen LogP contribution in [0.15, 0.2) is 48.5 Å². The summed E-state index contributed by atoms with van der Waals surface area (Å²) < 4.78 is 5.18. The first kappa shape index (κ1) is 23.2. The maximum absolute atomic E-state index is 12.8. The Morgan fingerprint density at radius 1 is 1.21 bits per heavy atom. The Balaban J connectivity index is 1.32. The number of hydrogen-bond donors (Lipinski definition) is 1. The SMILES string of the molecule is COc1ccc(CCC(=O)N2CCCC(c3nnc(C(=O)Nc4cccc(Cl)c4)s3)C2)cc1. The van der Waals surface area contributed by atoms with Crippen molar-refractivity contribution in [3.8, 4) is 5.75 Å². The van der Waals surface area contributed by atoms with Gasteiger partial charge in [-0.15, -0.1) is 10.2 Å². The minimum Gasteiger partial charge on any atom is -0.497 e. The summed E-state index contributed by atoms with van der Waals surface area (Å²) in [5, 5.41) is 12.8. The van der Waals surface area contributed by atoms with E-state index in [-0.39, 0.29) is 17.7 Å². The fourth-order valence-electron chi connectivity index (χ4n) is 3.85. The molecular weight excluding hydrogens is 460 g/mol. The topological polar surface area (TPSA) is 84.4 Å². The van der Waals surface area contributed by atoms with Crippen LogP contribution in [0.25, 0.3) is 0 Å². The van der Waals surface area contributed by atoms with Gasteiger partial charge < -0.3 is 15.0 Å². The quantitative estimate of drug-likeness (QED) is 0.521. The number of amides is 2. The fourth-order valence-corrected chi connectivity index (χ4v) is 4.90. The van der Waals surface area contributed by atoms with Crippen molar-refractivity contribution in [3.05, 3.63) is 69.1 Å². The van der Waals surface area contributed by atoms with Gasteiger partial charge in [-0.1, -0.05) is 41.1 Å². The number of aromatic nitrogens is 2. The number of anilines is 1. The molecule has 7 nitrogen and oxygen atoms in total. The Labute approximate surface area is 201 Å². The van der Waals surface area contributed by atoms with Crippen LogP contribution >= 0.6 is 22.9 Å². The number of nitrogens with one attached hydrogen (secondary N) is 1. The van der Waals surface area contributed by atoms with E-state index in [1.54, 1.807) is 31.4 Å². The van der Waals surface area contributed by atoms with Crippen LogP contribution in [0.2, 0.25) is 5.02 Å². The van der Waals surface area contributed by atoms with Gasteiger partial charge in [0.1, 0.15) is 10.8 Å². The summed E-state index contributed by atoms with van der Waals surface area (Å²) in [6.07, 6.45) is 2.98. The van der Waals surface area contributed by atoms with Crippen LogP contribution in [0.1, 0.15) is 45.6 Å². The van der Waals surface area contributed by atoms with E-state index < -0.39 is 0 Å². The van der Waals surface area contributed by atoms with E-state index in [4.69, 9.17) is 16.3 Å². The van der Waals surface area contributed by atoms with E-state index in [1.165, 1.54) is 11.3 Å². The summed E-state index contributed by atoms with van der Waals surface area (Å²) in [4.78, 5) is 27.3. The van der Waals surface area contributed by atoms with Crippen molar-refractivity contribution >= 4 is 40.4 Å². The van der Waals surface area contributed by atoms with Gasteiger partial charge in [-0.25, -0.2) is 0 Å². The summed E-state index contributed by atoms with van der Waals surface area (Å²) in [6.45, 7) is 1.35. The van der Waals surface area contributed by atoms with Gasteiger partial charge in [0.15, 0.2) is 0 Å². The summed E-state index contributed by atoms with van der Waals surface area (Å²) >= 11 is 7.26. The first-order chi connectivity index (χ1) is 16.0. The highest BCUT2D eigenvalue weighted by atomic mass is 35.5. The van der Waals surface area contributed by atoms with Gasteiger partial charge in [0.25, 0.3) is 5.91 Å². The van der Waals surface area contributed by atoms with Crippen molar-refractivity contribution in [1.29, 1.82) is 0 Å². The van der Waals surface area contributed by atoms with Crippen LogP contribution in [-0.2, 0) is 11.2 Å². The standard InChI is InChI=1S/C24H25ClN4O3S/c1-32-20-10-7-16(8-11-20)9-12-21(30)29-13-3-4-17(15-29)23-27-28-24(33-23)22(31)26-19-6-2-5-18(25)14-19/h2,5-8,10-11,14,17H,3-4,9,12-13,15H2,1H3,(H,26,31). The van der Waals surface area contributed by atoms with E-state index in [9.17, 15) is 9.59 Å². The van der Waals surface area contributed by atoms with Gasteiger partial charge in [0.05, 0.1) is 7.11 Å². The lowest BCUT2D eigenvalue weighted by Gasteiger charge is -2.31. The minimum absolute atomic E-state index is 0.0916. The number of ether oxygens (including phenoxy) is 1. The van der Waals surface area contributed by atoms with Crippen LogP contribution in [0.3, 0.4) is 0 Å². The van der Waals surface area contributed by atoms with Gasteiger partial charge in [-0.2, -0.15) is 0 Å². The molecule has 2 aromatic carbocycles. The van der Waals surface area contributed by atoms with Crippen LogP contribution in [-0.4, -0.2) is 47.1 Å². The molecule has 33 heavy (non-hydrogen) atoms. The van der Waals surface area contributed by atoms with Crippen molar-refractivity contribution in [2.24, 2.45) is 0 Å². The molecule has 0 bridgehead atoms. The second kappa shape index (κ2) is 10.8. The number of carbonyl (C=O) groups excluding carboxylic acids is 2. The van der Waals surface area contributed by atoms with Crippen LogP contribution in [0.4, 0.5) is 5.69 Å². The molecule has 1 unspecified atom stereocenters. The molecule has 0 spiro atoms. The van der Waals surface area contributed by atoms with E-state index in [2.05, 4.69) is 15.5 Å². The lowest BCUT2D eigenvalue weighted by Crippen LogP contribution is -2.39. The van der Waals surface area contributed by atoms with Crippen LogP contribution in [0, 0.1) is 0 Å². The van der Waals surface area contributed by atoms with Crippen LogP contribution in [0.5, 0.6) is 5.75 Å². The van der Waals surface area contributed by atoms with Crippen molar-refractivity contribution in [1.82, 2.24) is 15.1 Å². The predicted octanol–water partition coefficient (Wildman–Crippen LogP) is 4.79. The lowest BCUT2D eigenvalue weighted by molar-refractivity contribution is -0.132. The highest BCUT2D eigenvalue weighted by Crippen LogP contribution is 2.30. The number of hydrogen-bond acceptors (Lipinski definition) is 6. The Morgan fingerprint density at radius 3 is 2.79 bits per heavy atom.